The molecule has 12 heavy (non-hydrogen) atoms. The van der Waals surface area contributed by atoms with Gasteiger partial charge in [0, 0.05) is 14.1 Å². The van der Waals surface area contributed by atoms with Crippen LogP contribution in [0.25, 0.3) is 0 Å². The van der Waals surface area contributed by atoms with Gasteiger partial charge in [-0.15, -0.1) is 0 Å². The van der Waals surface area contributed by atoms with Gasteiger partial charge < -0.3 is 15.8 Å². The molecule has 1 aromatic rings. The predicted octanol–water partition coefficient (Wildman–Crippen LogP) is -0.651. The number of hydrogen-bond donors (Lipinski definition) is 2. The van der Waals surface area contributed by atoms with Crippen LogP contribution in [-0.2, 0) is 0 Å². The molecular formula is C5H9N5O2. The van der Waals surface area contributed by atoms with Crippen LogP contribution in [0.2, 0.25) is 0 Å². The fraction of sp³-hybridized carbons (Fsp3) is 0.400. The average molecular weight is 171 g/mol. The van der Waals surface area contributed by atoms with Gasteiger partial charge in [0.1, 0.15) is 0 Å². The maximum absolute atomic E-state index is 8.57. The Morgan fingerprint density at radius 2 is 2.25 bits per heavy atom. The number of aromatic nitrogens is 2. The van der Waals surface area contributed by atoms with E-state index in [1.807, 2.05) is 0 Å². The van der Waals surface area contributed by atoms with Crippen LogP contribution >= 0.6 is 0 Å². The standard InChI is InChI=1S/C5H9N5O2/c1-10(2)5(7-11)3-4(6)9-12-8-3/h11H,1-2H3,(H2,6,9)/b7-5+. The Balaban J connectivity index is 3.04. The minimum Gasteiger partial charge on any atom is -0.409 e. The van der Waals surface area contributed by atoms with Gasteiger partial charge in [-0.1, -0.05) is 5.16 Å². The van der Waals surface area contributed by atoms with Crippen LogP contribution in [0.5, 0.6) is 0 Å². The summed E-state index contributed by atoms with van der Waals surface area (Å²) in [7, 11) is 3.37. The van der Waals surface area contributed by atoms with Crippen molar-refractivity contribution in [1.29, 1.82) is 0 Å². The summed E-state index contributed by atoms with van der Waals surface area (Å²) in [6.45, 7) is 0. The van der Waals surface area contributed by atoms with E-state index in [4.69, 9.17) is 10.9 Å². The summed E-state index contributed by atoms with van der Waals surface area (Å²) >= 11 is 0. The van der Waals surface area contributed by atoms with Crippen LogP contribution in [-0.4, -0.2) is 40.4 Å². The number of nitrogen functional groups attached to an aromatic ring is 1. The van der Waals surface area contributed by atoms with Gasteiger partial charge in [0.2, 0.25) is 5.84 Å². The molecule has 7 heteroatoms. The van der Waals surface area contributed by atoms with E-state index in [0.29, 0.717) is 0 Å². The van der Waals surface area contributed by atoms with E-state index in [1.165, 1.54) is 4.90 Å². The monoisotopic (exact) mass is 171 g/mol. The number of hydrogen-bond acceptors (Lipinski definition) is 6. The fourth-order valence-electron chi connectivity index (χ4n) is 0.699. The highest BCUT2D eigenvalue weighted by atomic mass is 16.6. The lowest BCUT2D eigenvalue weighted by atomic mass is 10.4. The van der Waals surface area contributed by atoms with Crippen LogP contribution in [0.3, 0.4) is 0 Å². The molecule has 0 aliphatic carbocycles. The molecule has 0 unspecified atom stereocenters. The van der Waals surface area contributed by atoms with E-state index >= 15 is 0 Å². The molecule has 0 fully saturated rings. The normalized spacial score (nSPS) is 11.7. The third kappa shape index (κ3) is 1.29. The highest BCUT2D eigenvalue weighted by Crippen LogP contribution is 2.06. The van der Waals surface area contributed by atoms with Crippen LogP contribution in [0.15, 0.2) is 9.78 Å². The molecule has 0 atom stereocenters. The lowest BCUT2D eigenvalue weighted by Gasteiger charge is -2.10. The van der Waals surface area contributed by atoms with Crippen molar-refractivity contribution >= 4 is 11.7 Å². The van der Waals surface area contributed by atoms with E-state index in [-0.39, 0.29) is 17.3 Å². The van der Waals surface area contributed by atoms with Crippen LogP contribution in [0.4, 0.5) is 5.82 Å². The van der Waals surface area contributed by atoms with Gasteiger partial charge in [-0.2, -0.15) is 0 Å². The zero-order chi connectivity index (χ0) is 9.14. The summed E-state index contributed by atoms with van der Waals surface area (Å²) in [5.74, 6) is 0.297. The highest BCUT2D eigenvalue weighted by Gasteiger charge is 2.15. The molecule has 0 aliphatic rings. The molecule has 1 heterocycles. The third-order valence-corrected chi connectivity index (χ3v) is 1.24. The number of oxime groups is 1. The summed E-state index contributed by atoms with van der Waals surface area (Å²) in [4.78, 5) is 1.54. The summed E-state index contributed by atoms with van der Waals surface area (Å²) in [6.07, 6.45) is 0. The number of nitrogens with two attached hydrogens (primary N) is 1. The molecule has 0 saturated heterocycles. The largest absolute Gasteiger partial charge is 0.409 e. The Morgan fingerprint density at radius 1 is 1.58 bits per heavy atom. The van der Waals surface area contributed by atoms with Crippen molar-refractivity contribution in [3.63, 3.8) is 0 Å². The predicted molar refractivity (Wildman–Crippen MR) is 40.7 cm³/mol. The van der Waals surface area contributed by atoms with E-state index in [9.17, 15) is 0 Å². The van der Waals surface area contributed by atoms with Crippen molar-refractivity contribution in [2.45, 2.75) is 0 Å². The van der Waals surface area contributed by atoms with Gasteiger partial charge in [-0.25, -0.2) is 4.63 Å². The molecule has 1 rings (SSSR count). The Labute approximate surface area is 68.4 Å². The van der Waals surface area contributed by atoms with Gasteiger partial charge in [0.15, 0.2) is 11.5 Å². The molecule has 1 aromatic heterocycles. The van der Waals surface area contributed by atoms with Crippen LogP contribution in [0.1, 0.15) is 5.69 Å². The quantitative estimate of drug-likeness (QED) is 0.252. The first-order valence-corrected chi connectivity index (χ1v) is 3.14. The van der Waals surface area contributed by atoms with E-state index < -0.39 is 0 Å². The summed E-state index contributed by atoms with van der Waals surface area (Å²) in [5.41, 5.74) is 5.59. The fourth-order valence-corrected chi connectivity index (χ4v) is 0.699. The summed E-state index contributed by atoms with van der Waals surface area (Å²) in [5, 5.41) is 18.4. The molecule has 0 saturated carbocycles. The molecule has 66 valence electrons. The van der Waals surface area contributed by atoms with Crippen molar-refractivity contribution in [1.82, 2.24) is 15.2 Å². The molecule has 0 amide bonds. The molecule has 3 N–H and O–H groups in total. The molecular weight excluding hydrogens is 162 g/mol. The molecule has 0 bridgehead atoms. The Bertz CT molecular complexity index is 292. The average Bonchev–Trinajstić information content (AvgIpc) is 2.38. The van der Waals surface area contributed by atoms with Gasteiger partial charge >= 0.3 is 0 Å². The van der Waals surface area contributed by atoms with Crippen molar-refractivity contribution in [2.75, 3.05) is 19.8 Å². The molecule has 0 spiro atoms. The minimum atomic E-state index is 0.0940. The SMILES string of the molecule is CN(C)/C(=N/O)c1nonc1N. The zero-order valence-electron chi connectivity index (χ0n) is 6.72. The van der Waals surface area contributed by atoms with E-state index in [2.05, 4.69) is 20.1 Å². The van der Waals surface area contributed by atoms with E-state index in [1.54, 1.807) is 14.1 Å². The molecule has 0 aliphatic heterocycles. The Kier molecular flexibility index (Phi) is 2.13. The smallest absolute Gasteiger partial charge is 0.200 e. The van der Waals surface area contributed by atoms with Crippen molar-refractivity contribution in [2.24, 2.45) is 5.16 Å². The molecule has 7 nitrogen and oxygen atoms in total. The first-order valence-electron chi connectivity index (χ1n) is 3.14. The van der Waals surface area contributed by atoms with Crippen LogP contribution < -0.4 is 5.73 Å². The maximum atomic E-state index is 8.57. The van der Waals surface area contributed by atoms with Gasteiger partial charge in [-0.05, 0) is 10.3 Å². The van der Waals surface area contributed by atoms with Gasteiger partial charge in [-0.3, -0.25) is 0 Å². The van der Waals surface area contributed by atoms with Crippen molar-refractivity contribution < 1.29 is 9.84 Å². The zero-order valence-corrected chi connectivity index (χ0v) is 6.72. The Morgan fingerprint density at radius 3 is 2.58 bits per heavy atom. The topological polar surface area (TPSA) is 101 Å². The molecule has 0 radical (unpaired) electrons. The first kappa shape index (κ1) is 8.31. The number of rotatable bonds is 1. The summed E-state index contributed by atoms with van der Waals surface area (Å²) in [6, 6.07) is 0. The lowest BCUT2D eigenvalue weighted by molar-refractivity contribution is 0.300. The number of amidine groups is 1. The van der Waals surface area contributed by atoms with Crippen molar-refractivity contribution in [3.8, 4) is 0 Å². The number of anilines is 1. The lowest BCUT2D eigenvalue weighted by Crippen LogP contribution is -2.24. The second kappa shape index (κ2) is 3.07. The minimum absolute atomic E-state index is 0.0940. The highest BCUT2D eigenvalue weighted by molar-refractivity contribution is 5.99. The third-order valence-electron chi connectivity index (χ3n) is 1.24. The second-order valence-corrected chi connectivity index (χ2v) is 2.32. The Hall–Kier alpha value is -1.79. The van der Waals surface area contributed by atoms with Crippen LogP contribution in [0, 0.1) is 0 Å². The van der Waals surface area contributed by atoms with Gasteiger partial charge in [0.05, 0.1) is 0 Å². The maximum Gasteiger partial charge on any atom is 0.200 e. The first-order chi connectivity index (χ1) is 5.66. The van der Waals surface area contributed by atoms with Gasteiger partial charge in [0.25, 0.3) is 0 Å². The molecule has 0 aromatic carbocycles. The second-order valence-electron chi connectivity index (χ2n) is 2.32. The number of nitrogens with zero attached hydrogens (tertiary/aromatic N) is 4. The van der Waals surface area contributed by atoms with E-state index in [0.717, 1.165) is 0 Å². The summed E-state index contributed by atoms with van der Waals surface area (Å²) < 4.78 is 4.33. The van der Waals surface area contributed by atoms with Crippen molar-refractivity contribution in [3.05, 3.63) is 5.69 Å².